The number of carbonyl (C=O) groups is 2. The van der Waals surface area contributed by atoms with E-state index < -0.39 is 15.9 Å². The van der Waals surface area contributed by atoms with Gasteiger partial charge >= 0.3 is 0 Å². The molecule has 0 radical (unpaired) electrons. The van der Waals surface area contributed by atoms with Crippen molar-refractivity contribution < 1.29 is 22.5 Å². The van der Waals surface area contributed by atoms with Gasteiger partial charge in [0.2, 0.25) is 11.8 Å². The first-order chi connectivity index (χ1) is 13.1. The van der Waals surface area contributed by atoms with Gasteiger partial charge in [-0.15, -0.1) is 0 Å². The zero-order chi connectivity index (χ0) is 20.5. The molecule has 0 aromatic carbocycles. The third-order valence-corrected chi connectivity index (χ3v) is 7.21. The lowest BCUT2D eigenvalue weighted by atomic mass is 9.93. The molecular weight excluding hydrogens is 382 g/mol. The molecule has 2 fully saturated rings. The predicted molar refractivity (Wildman–Crippen MR) is 105 cm³/mol. The number of aromatic nitrogens is 1. The minimum Gasteiger partial charge on any atom is -0.359 e. The molecule has 2 aliphatic heterocycles. The molecule has 2 saturated heterocycles. The van der Waals surface area contributed by atoms with Crippen LogP contribution in [0.4, 0.5) is 5.82 Å². The summed E-state index contributed by atoms with van der Waals surface area (Å²) >= 11 is 0. The van der Waals surface area contributed by atoms with E-state index in [1.807, 2.05) is 20.8 Å². The normalized spacial score (nSPS) is 23.4. The highest BCUT2D eigenvalue weighted by molar-refractivity contribution is 7.91. The monoisotopic (exact) mass is 411 g/mol. The Bertz CT molecular complexity index is 826. The molecule has 156 valence electrons. The van der Waals surface area contributed by atoms with Gasteiger partial charge in [0.1, 0.15) is 21.6 Å². The Morgan fingerprint density at radius 3 is 2.46 bits per heavy atom. The standard InChI is InChI=1S/C19H29N3O5S/c1-19(2,3)15-12-16(21-27-15)20-17(23)14-6-4-5-9-22(14)18(24)13-7-10-28(25,26)11-8-13/h12-14H,4-11H2,1-3H3,(H,20,21,23)/t14-/m0/s1. The largest absolute Gasteiger partial charge is 0.359 e. The molecule has 1 N–H and O–H groups in total. The third kappa shape index (κ3) is 4.74. The molecule has 28 heavy (non-hydrogen) atoms. The summed E-state index contributed by atoms with van der Waals surface area (Å²) < 4.78 is 28.6. The highest BCUT2D eigenvalue weighted by Crippen LogP contribution is 2.27. The number of likely N-dealkylation sites (tertiary alicyclic amines) is 1. The molecule has 0 spiro atoms. The average Bonchev–Trinajstić information content (AvgIpc) is 3.10. The molecule has 1 atom stereocenters. The Morgan fingerprint density at radius 2 is 1.86 bits per heavy atom. The van der Waals surface area contributed by atoms with E-state index in [1.54, 1.807) is 11.0 Å². The van der Waals surface area contributed by atoms with Crippen molar-refractivity contribution in [1.82, 2.24) is 10.1 Å². The average molecular weight is 412 g/mol. The molecule has 2 aliphatic rings. The van der Waals surface area contributed by atoms with Crippen LogP contribution < -0.4 is 5.32 Å². The molecule has 0 aliphatic carbocycles. The van der Waals surface area contributed by atoms with E-state index >= 15 is 0 Å². The Morgan fingerprint density at radius 1 is 1.18 bits per heavy atom. The van der Waals surface area contributed by atoms with Crippen LogP contribution in [0.1, 0.15) is 58.6 Å². The smallest absolute Gasteiger partial charge is 0.248 e. The van der Waals surface area contributed by atoms with Crippen molar-refractivity contribution in [3.63, 3.8) is 0 Å². The van der Waals surface area contributed by atoms with Crippen LogP contribution in [0.2, 0.25) is 0 Å². The number of carbonyl (C=O) groups excluding carboxylic acids is 2. The van der Waals surface area contributed by atoms with Crippen molar-refractivity contribution in [3.8, 4) is 0 Å². The van der Waals surface area contributed by atoms with Gasteiger partial charge in [0, 0.05) is 23.9 Å². The maximum atomic E-state index is 13.0. The van der Waals surface area contributed by atoms with E-state index in [0.717, 1.165) is 12.8 Å². The maximum Gasteiger partial charge on any atom is 0.248 e. The van der Waals surface area contributed by atoms with Crippen LogP contribution in [-0.4, -0.2) is 54.4 Å². The molecule has 1 aromatic heterocycles. The molecule has 3 heterocycles. The quantitative estimate of drug-likeness (QED) is 0.816. The minimum absolute atomic E-state index is 0.0443. The van der Waals surface area contributed by atoms with E-state index in [9.17, 15) is 18.0 Å². The van der Waals surface area contributed by atoms with Gasteiger partial charge in [-0.1, -0.05) is 25.9 Å². The summed E-state index contributed by atoms with van der Waals surface area (Å²) in [4.78, 5) is 27.5. The second-order valence-electron chi connectivity index (χ2n) is 8.78. The fraction of sp³-hybridized carbons (Fsp3) is 0.737. The van der Waals surface area contributed by atoms with Gasteiger partial charge in [0.25, 0.3) is 0 Å². The number of nitrogens with one attached hydrogen (secondary N) is 1. The van der Waals surface area contributed by atoms with Gasteiger partial charge in [-0.25, -0.2) is 8.42 Å². The summed E-state index contributed by atoms with van der Waals surface area (Å²) in [5.41, 5.74) is -0.218. The second-order valence-corrected chi connectivity index (χ2v) is 11.1. The van der Waals surface area contributed by atoms with Crippen molar-refractivity contribution in [1.29, 1.82) is 0 Å². The molecule has 9 heteroatoms. The molecule has 1 aromatic rings. The first kappa shape index (κ1) is 20.8. The first-order valence-corrected chi connectivity index (χ1v) is 11.7. The lowest BCUT2D eigenvalue weighted by Crippen LogP contribution is -2.52. The van der Waals surface area contributed by atoms with Crippen LogP contribution in [0.3, 0.4) is 0 Å². The zero-order valence-electron chi connectivity index (χ0n) is 16.7. The minimum atomic E-state index is -3.03. The summed E-state index contributed by atoms with van der Waals surface area (Å²) in [6.07, 6.45) is 2.98. The summed E-state index contributed by atoms with van der Waals surface area (Å²) in [6.45, 7) is 6.49. The number of piperidine rings is 1. The van der Waals surface area contributed by atoms with E-state index in [0.29, 0.717) is 37.4 Å². The molecule has 8 nitrogen and oxygen atoms in total. The molecule has 0 bridgehead atoms. The van der Waals surface area contributed by atoms with Crippen molar-refractivity contribution in [2.75, 3.05) is 23.4 Å². The van der Waals surface area contributed by atoms with E-state index in [1.165, 1.54) is 0 Å². The fourth-order valence-electron chi connectivity index (χ4n) is 3.74. The summed E-state index contributed by atoms with van der Waals surface area (Å²) in [5.74, 6) is 0.400. The lowest BCUT2D eigenvalue weighted by molar-refractivity contribution is -0.144. The number of hydrogen-bond donors (Lipinski definition) is 1. The Hall–Kier alpha value is -1.90. The van der Waals surface area contributed by atoms with Crippen molar-refractivity contribution >= 4 is 27.5 Å². The molecular formula is C19H29N3O5S. The van der Waals surface area contributed by atoms with Gasteiger partial charge in [0.15, 0.2) is 5.82 Å². The van der Waals surface area contributed by atoms with Crippen LogP contribution in [0.5, 0.6) is 0 Å². The molecule has 3 rings (SSSR count). The van der Waals surface area contributed by atoms with Crippen LogP contribution in [0.15, 0.2) is 10.6 Å². The Labute approximate surface area is 165 Å². The molecule has 0 unspecified atom stereocenters. The third-order valence-electron chi connectivity index (χ3n) is 5.49. The van der Waals surface area contributed by atoms with Gasteiger partial charge in [-0.2, -0.15) is 0 Å². The van der Waals surface area contributed by atoms with Gasteiger partial charge in [-0.3, -0.25) is 9.59 Å². The van der Waals surface area contributed by atoms with E-state index in [4.69, 9.17) is 4.52 Å². The molecule has 2 amide bonds. The second kappa shape index (κ2) is 7.85. The Balaban J connectivity index is 1.68. The Kier molecular flexibility index (Phi) is 5.84. The van der Waals surface area contributed by atoms with Gasteiger partial charge < -0.3 is 14.7 Å². The van der Waals surface area contributed by atoms with Crippen molar-refractivity contribution in [3.05, 3.63) is 11.8 Å². The SMILES string of the molecule is CC(C)(C)c1cc(NC(=O)[C@@H]2CCCCN2C(=O)C2CCS(=O)(=O)CC2)no1. The highest BCUT2D eigenvalue weighted by atomic mass is 32.2. The van der Waals surface area contributed by atoms with Gasteiger partial charge in [-0.05, 0) is 32.1 Å². The van der Waals surface area contributed by atoms with E-state index in [-0.39, 0.29) is 34.7 Å². The summed E-state index contributed by atoms with van der Waals surface area (Å²) in [5, 5.41) is 6.69. The number of amides is 2. The fourth-order valence-corrected chi connectivity index (χ4v) is 5.23. The molecule has 0 saturated carbocycles. The van der Waals surface area contributed by atoms with Crippen LogP contribution >= 0.6 is 0 Å². The number of sulfone groups is 1. The van der Waals surface area contributed by atoms with Crippen LogP contribution in [0.25, 0.3) is 0 Å². The lowest BCUT2D eigenvalue weighted by Gasteiger charge is -2.37. The van der Waals surface area contributed by atoms with Crippen LogP contribution in [0, 0.1) is 5.92 Å². The predicted octanol–water partition coefficient (Wildman–Crippen LogP) is 2.12. The number of anilines is 1. The topological polar surface area (TPSA) is 110 Å². The van der Waals surface area contributed by atoms with E-state index in [2.05, 4.69) is 10.5 Å². The zero-order valence-corrected chi connectivity index (χ0v) is 17.5. The number of nitrogens with zero attached hydrogens (tertiary/aromatic N) is 2. The maximum absolute atomic E-state index is 13.0. The van der Waals surface area contributed by atoms with Gasteiger partial charge in [0.05, 0.1) is 11.5 Å². The summed E-state index contributed by atoms with van der Waals surface area (Å²) in [7, 11) is -3.03. The first-order valence-electron chi connectivity index (χ1n) is 9.86. The van der Waals surface area contributed by atoms with Crippen molar-refractivity contribution in [2.45, 2.75) is 64.3 Å². The summed E-state index contributed by atoms with van der Waals surface area (Å²) in [6, 6.07) is 1.15. The van der Waals surface area contributed by atoms with Crippen molar-refractivity contribution in [2.24, 2.45) is 5.92 Å². The number of hydrogen-bond acceptors (Lipinski definition) is 6. The highest BCUT2D eigenvalue weighted by Gasteiger charge is 2.38. The number of rotatable bonds is 3. The van der Waals surface area contributed by atoms with Crippen LogP contribution in [-0.2, 0) is 24.8 Å².